The van der Waals surface area contributed by atoms with Crippen LogP contribution in [0.3, 0.4) is 0 Å². The van der Waals surface area contributed by atoms with Crippen molar-refractivity contribution in [2.75, 3.05) is 0 Å². The van der Waals surface area contributed by atoms with Gasteiger partial charge in [-0.25, -0.2) is 0 Å². The molecular weight excluding hydrogens is 714 g/mol. The quantitative estimate of drug-likeness (QED) is 0.135. The van der Waals surface area contributed by atoms with Crippen LogP contribution in [0, 0.1) is 12.1 Å². The van der Waals surface area contributed by atoms with Gasteiger partial charge in [-0.2, -0.15) is 11.2 Å². The molecule has 6 nitrogen and oxygen atoms in total. The predicted molar refractivity (Wildman–Crippen MR) is 166 cm³/mol. The van der Waals surface area contributed by atoms with E-state index in [2.05, 4.69) is 99.0 Å². The zero-order valence-corrected chi connectivity index (χ0v) is 24.9. The van der Waals surface area contributed by atoms with Gasteiger partial charge in [0.25, 0.3) is 0 Å². The molecule has 0 atom stereocenters. The zero-order chi connectivity index (χ0) is 27.6. The molecule has 5 aromatic carbocycles. The molecule has 0 spiro atoms. The van der Waals surface area contributed by atoms with Crippen LogP contribution in [0.15, 0.2) is 128 Å². The van der Waals surface area contributed by atoms with E-state index in [1.807, 2.05) is 48.9 Å². The van der Waals surface area contributed by atoms with E-state index < -0.39 is 0 Å². The van der Waals surface area contributed by atoms with Crippen LogP contribution in [0.25, 0.3) is 60.5 Å². The Morgan fingerprint density at radius 2 is 1.42 bits per heavy atom. The molecular formula is C36H21N5OPt. The van der Waals surface area contributed by atoms with Gasteiger partial charge in [0.2, 0.25) is 0 Å². The summed E-state index contributed by atoms with van der Waals surface area (Å²) in [6, 6.07) is 42.2. The van der Waals surface area contributed by atoms with Crippen LogP contribution >= 0.6 is 0 Å². The van der Waals surface area contributed by atoms with Crippen molar-refractivity contribution in [2.24, 2.45) is 0 Å². The Bertz CT molecular complexity index is 2440. The second kappa shape index (κ2) is 9.97. The fourth-order valence-electron chi connectivity index (χ4n) is 6.05. The maximum absolute atomic E-state index is 6.26. The number of hydrogen-bond acceptors (Lipinski definition) is 3. The molecule has 0 bridgehead atoms. The third-order valence-corrected chi connectivity index (χ3v) is 7.86. The van der Waals surface area contributed by atoms with E-state index in [4.69, 9.17) is 9.72 Å². The molecule has 0 aliphatic rings. The Morgan fingerprint density at radius 1 is 0.605 bits per heavy atom. The molecule has 9 rings (SSSR count). The predicted octanol–water partition coefficient (Wildman–Crippen LogP) is 8.31. The number of para-hydroxylation sites is 2. The van der Waals surface area contributed by atoms with Crippen molar-refractivity contribution in [1.82, 2.24) is 23.7 Å². The Hall–Kier alpha value is -5.19. The summed E-state index contributed by atoms with van der Waals surface area (Å²) < 4.78 is 12.5. The molecule has 4 aromatic heterocycles. The largest absolute Gasteiger partial charge is 2.00 e. The maximum Gasteiger partial charge on any atom is 2.00 e. The first-order valence-electron chi connectivity index (χ1n) is 13.8. The molecule has 0 aliphatic carbocycles. The first-order valence-corrected chi connectivity index (χ1v) is 13.8. The molecule has 206 valence electrons. The van der Waals surface area contributed by atoms with Crippen molar-refractivity contribution < 1.29 is 25.8 Å². The normalized spacial score (nSPS) is 11.5. The van der Waals surface area contributed by atoms with Gasteiger partial charge in [0.15, 0.2) is 0 Å². The monoisotopic (exact) mass is 734 g/mol. The van der Waals surface area contributed by atoms with Crippen molar-refractivity contribution in [3.63, 3.8) is 0 Å². The number of fused-ring (bicyclic) bond motifs is 9. The summed E-state index contributed by atoms with van der Waals surface area (Å²) in [6.07, 6.45) is 7.48. The smallest absolute Gasteiger partial charge is 0.503 e. The van der Waals surface area contributed by atoms with Crippen LogP contribution in [0.4, 0.5) is 0 Å². The summed E-state index contributed by atoms with van der Waals surface area (Å²) in [5.74, 6) is 1.19. The molecule has 0 N–H and O–H groups in total. The van der Waals surface area contributed by atoms with Crippen molar-refractivity contribution in [1.29, 1.82) is 0 Å². The SMILES string of the molecule is [Pt+2].[c-]1c(Oc2[c-]c3c(cc2)c2cc4c(cc2n2ccnc32)c2ccccc2n4-c2ccccc2)cccc1-n1cccn1. The molecule has 0 fully saturated rings. The third-order valence-electron chi connectivity index (χ3n) is 7.86. The summed E-state index contributed by atoms with van der Waals surface area (Å²) in [7, 11) is 0. The fourth-order valence-corrected chi connectivity index (χ4v) is 6.05. The zero-order valence-electron chi connectivity index (χ0n) is 22.6. The van der Waals surface area contributed by atoms with E-state index in [1.165, 1.54) is 16.3 Å². The van der Waals surface area contributed by atoms with Gasteiger partial charge in [-0.3, -0.25) is 9.67 Å². The summed E-state index contributed by atoms with van der Waals surface area (Å²) in [6.45, 7) is 0. The summed E-state index contributed by atoms with van der Waals surface area (Å²) in [4.78, 5) is 4.74. The van der Waals surface area contributed by atoms with Crippen molar-refractivity contribution in [3.8, 4) is 22.9 Å². The Labute approximate surface area is 260 Å². The van der Waals surface area contributed by atoms with Gasteiger partial charge in [-0.15, -0.1) is 30.3 Å². The van der Waals surface area contributed by atoms with Gasteiger partial charge in [0.05, 0.1) is 16.7 Å². The Morgan fingerprint density at radius 3 is 2.30 bits per heavy atom. The van der Waals surface area contributed by atoms with E-state index in [1.54, 1.807) is 10.9 Å². The number of ether oxygens (including phenoxy) is 1. The second-order valence-electron chi connectivity index (χ2n) is 10.3. The standard InChI is InChI=1S/C36H21N5O.Pt/c1-2-8-24(9-3-1)41-33-13-5-4-12-29(33)31-22-34-30(23-35(31)41)28-15-14-27(21-32(28)36-37-17-19-39(34)36)42-26-11-6-10-25(20-26)40-18-7-16-38-40;/h1-19,22-23H;/q-2;+2. The number of imidazole rings is 1. The van der Waals surface area contributed by atoms with Crippen LogP contribution in [0.1, 0.15) is 0 Å². The van der Waals surface area contributed by atoms with Crippen molar-refractivity contribution in [2.45, 2.75) is 0 Å². The molecule has 7 heteroatoms. The molecule has 9 aromatic rings. The third kappa shape index (κ3) is 3.98. The van der Waals surface area contributed by atoms with Crippen LogP contribution in [0.5, 0.6) is 11.5 Å². The van der Waals surface area contributed by atoms with Crippen LogP contribution in [-0.2, 0) is 21.1 Å². The number of aromatic nitrogens is 5. The van der Waals surface area contributed by atoms with Crippen LogP contribution < -0.4 is 4.74 Å². The number of nitrogens with zero attached hydrogens (tertiary/aromatic N) is 5. The molecule has 4 heterocycles. The van der Waals surface area contributed by atoms with Gasteiger partial charge in [-0.1, -0.05) is 53.2 Å². The molecule has 0 amide bonds. The minimum absolute atomic E-state index is 0. The first-order chi connectivity index (χ1) is 20.8. The van der Waals surface area contributed by atoms with Crippen molar-refractivity contribution >= 4 is 49.1 Å². The maximum atomic E-state index is 6.26. The molecule has 43 heavy (non-hydrogen) atoms. The second-order valence-corrected chi connectivity index (χ2v) is 10.3. The summed E-state index contributed by atoms with van der Waals surface area (Å²) in [5, 5.41) is 9.81. The van der Waals surface area contributed by atoms with E-state index in [-0.39, 0.29) is 21.1 Å². The van der Waals surface area contributed by atoms with Gasteiger partial charge < -0.3 is 13.7 Å². The average molecular weight is 735 g/mol. The first kappa shape index (κ1) is 25.5. The summed E-state index contributed by atoms with van der Waals surface area (Å²) >= 11 is 0. The van der Waals surface area contributed by atoms with E-state index in [9.17, 15) is 0 Å². The molecule has 0 saturated carbocycles. The Balaban J connectivity index is 0.00000278. The molecule has 0 unspecified atom stereocenters. The van der Waals surface area contributed by atoms with Gasteiger partial charge in [0, 0.05) is 58.3 Å². The number of pyridine rings is 1. The average Bonchev–Trinajstić information content (AvgIpc) is 3.81. The number of hydrogen-bond donors (Lipinski definition) is 0. The number of benzene rings is 5. The molecule has 0 radical (unpaired) electrons. The van der Waals surface area contributed by atoms with Gasteiger partial charge in [-0.05, 0) is 47.5 Å². The van der Waals surface area contributed by atoms with Gasteiger partial charge >= 0.3 is 21.1 Å². The van der Waals surface area contributed by atoms with E-state index >= 15 is 0 Å². The van der Waals surface area contributed by atoms with Crippen molar-refractivity contribution in [3.05, 3.63) is 140 Å². The summed E-state index contributed by atoms with van der Waals surface area (Å²) in [5.41, 5.74) is 6.20. The van der Waals surface area contributed by atoms with Crippen LogP contribution in [0.2, 0.25) is 0 Å². The minimum atomic E-state index is 0. The Kier molecular flexibility index (Phi) is 5.91. The van der Waals surface area contributed by atoms with E-state index in [0.29, 0.717) is 11.5 Å². The molecule has 0 aliphatic heterocycles. The topological polar surface area (TPSA) is 49.3 Å². The van der Waals surface area contributed by atoms with E-state index in [0.717, 1.165) is 44.2 Å². The van der Waals surface area contributed by atoms with Crippen LogP contribution in [-0.4, -0.2) is 23.7 Å². The van der Waals surface area contributed by atoms with Gasteiger partial charge in [0.1, 0.15) is 0 Å². The minimum Gasteiger partial charge on any atom is -0.503 e. The fraction of sp³-hybridized carbons (Fsp3) is 0. The number of rotatable bonds is 4. The molecule has 0 saturated heterocycles.